The first kappa shape index (κ1) is 25.3. The molecule has 15 heteroatoms. The van der Waals surface area contributed by atoms with Gasteiger partial charge in [0.15, 0.2) is 15.7 Å². The molecule has 0 radical (unpaired) electrons. The second-order valence-electron chi connectivity index (χ2n) is 7.40. The van der Waals surface area contributed by atoms with Crippen LogP contribution >= 0.6 is 0 Å². The Balaban J connectivity index is 2.24. The second kappa shape index (κ2) is 8.45. The molecule has 0 spiro atoms. The number of alkyl halides is 5. The minimum absolute atomic E-state index is 0.0294. The number of nitrogens with zero attached hydrogens (tertiary/aromatic N) is 5. The maximum Gasteiger partial charge on any atom is 0.459 e. The summed E-state index contributed by atoms with van der Waals surface area (Å²) in [4.78, 5) is 24.4. The van der Waals surface area contributed by atoms with Gasteiger partial charge in [0.25, 0.3) is 0 Å². The van der Waals surface area contributed by atoms with Gasteiger partial charge in [-0.1, -0.05) is 6.92 Å². The SMILES string of the molecule is CCS(=O)(=O)c1ccc(NC(=O)N(C)C)nc1-c1nc2cc(C(F)(F)C(F)(F)F)ncc2n1C. The quantitative estimate of drug-likeness (QED) is 0.530. The Morgan fingerprint density at radius 3 is 2.35 bits per heavy atom. The number of imidazole rings is 1. The van der Waals surface area contributed by atoms with Crippen molar-refractivity contribution in [3.8, 4) is 11.5 Å². The van der Waals surface area contributed by atoms with E-state index < -0.39 is 33.7 Å². The molecule has 2 amide bonds. The lowest BCUT2D eigenvalue weighted by molar-refractivity contribution is -0.290. The summed E-state index contributed by atoms with van der Waals surface area (Å²) in [5.41, 5.74) is -2.00. The van der Waals surface area contributed by atoms with Gasteiger partial charge in [0.05, 0.1) is 27.9 Å². The molecule has 3 aromatic rings. The number of anilines is 1. The van der Waals surface area contributed by atoms with Crippen LogP contribution < -0.4 is 5.32 Å². The van der Waals surface area contributed by atoms with Crippen LogP contribution in [-0.2, 0) is 22.8 Å². The number of halogens is 5. The molecule has 0 fully saturated rings. The third-order valence-electron chi connectivity index (χ3n) is 4.87. The van der Waals surface area contributed by atoms with Gasteiger partial charge in [-0.2, -0.15) is 22.0 Å². The van der Waals surface area contributed by atoms with E-state index in [1.165, 1.54) is 49.7 Å². The van der Waals surface area contributed by atoms with E-state index in [4.69, 9.17) is 0 Å². The lowest BCUT2D eigenvalue weighted by Crippen LogP contribution is -2.34. The van der Waals surface area contributed by atoms with Gasteiger partial charge < -0.3 is 9.47 Å². The molecule has 0 unspecified atom stereocenters. The van der Waals surface area contributed by atoms with Crippen LogP contribution in [0.3, 0.4) is 0 Å². The molecule has 184 valence electrons. The van der Waals surface area contributed by atoms with Gasteiger partial charge in [0, 0.05) is 21.1 Å². The maximum atomic E-state index is 13.8. The highest BCUT2D eigenvalue weighted by molar-refractivity contribution is 7.91. The number of urea groups is 1. The minimum Gasteiger partial charge on any atom is -0.331 e. The van der Waals surface area contributed by atoms with E-state index in [0.717, 1.165) is 6.20 Å². The number of sulfone groups is 1. The molecule has 0 aliphatic rings. The van der Waals surface area contributed by atoms with E-state index in [1.807, 2.05) is 0 Å². The van der Waals surface area contributed by atoms with Crippen LogP contribution in [0.15, 0.2) is 29.3 Å². The standard InChI is InChI=1S/C19H19F5N6O3S/c1-5-34(32,33)12-6-7-14(28-17(31)29(2)3)27-15(12)16-26-10-8-13(18(20,21)19(22,23)24)25-9-11(10)30(16)4/h6-9H,5H2,1-4H3,(H,27,28,31). The molecule has 0 saturated heterocycles. The zero-order valence-corrected chi connectivity index (χ0v) is 19.1. The lowest BCUT2D eigenvalue weighted by atomic mass is 10.2. The first-order chi connectivity index (χ1) is 15.6. The van der Waals surface area contributed by atoms with Crippen molar-refractivity contribution >= 4 is 32.7 Å². The van der Waals surface area contributed by atoms with Gasteiger partial charge in [-0.25, -0.2) is 23.2 Å². The van der Waals surface area contributed by atoms with Crippen LogP contribution in [0.4, 0.5) is 32.6 Å². The molecule has 9 nitrogen and oxygen atoms in total. The fraction of sp³-hybridized carbons (Fsp3) is 0.368. The van der Waals surface area contributed by atoms with Gasteiger partial charge >= 0.3 is 18.1 Å². The highest BCUT2D eigenvalue weighted by Crippen LogP contribution is 2.43. The van der Waals surface area contributed by atoms with E-state index in [9.17, 15) is 35.2 Å². The Bertz CT molecular complexity index is 1370. The van der Waals surface area contributed by atoms with Gasteiger partial charge in [-0.05, 0) is 18.2 Å². The normalized spacial score (nSPS) is 12.7. The number of amides is 2. The predicted molar refractivity (Wildman–Crippen MR) is 112 cm³/mol. The molecule has 34 heavy (non-hydrogen) atoms. The van der Waals surface area contributed by atoms with E-state index in [0.29, 0.717) is 6.07 Å². The van der Waals surface area contributed by atoms with E-state index in [-0.39, 0.29) is 39.0 Å². The van der Waals surface area contributed by atoms with Crippen molar-refractivity contribution in [2.45, 2.75) is 23.9 Å². The monoisotopic (exact) mass is 506 g/mol. The number of carbonyl (C=O) groups excluding carboxylic acids is 1. The average Bonchev–Trinajstić information content (AvgIpc) is 3.08. The molecule has 0 aromatic carbocycles. The van der Waals surface area contributed by atoms with Crippen LogP contribution in [0.5, 0.6) is 0 Å². The van der Waals surface area contributed by atoms with E-state index in [1.54, 1.807) is 0 Å². The summed E-state index contributed by atoms with van der Waals surface area (Å²) in [6, 6.07) is 2.39. The average molecular weight is 506 g/mol. The van der Waals surface area contributed by atoms with E-state index >= 15 is 0 Å². The summed E-state index contributed by atoms with van der Waals surface area (Å²) in [7, 11) is 0.467. The van der Waals surface area contributed by atoms with Crippen molar-refractivity contribution in [2.75, 3.05) is 25.2 Å². The number of nitrogens with one attached hydrogen (secondary N) is 1. The molecule has 0 saturated carbocycles. The highest BCUT2D eigenvalue weighted by atomic mass is 32.2. The van der Waals surface area contributed by atoms with Crippen molar-refractivity contribution in [3.63, 3.8) is 0 Å². The molecule has 3 aromatic heterocycles. The van der Waals surface area contributed by atoms with Crippen LogP contribution in [0, 0.1) is 0 Å². The number of carbonyl (C=O) groups is 1. The summed E-state index contributed by atoms with van der Waals surface area (Å²) in [6.45, 7) is 1.39. The molecule has 3 heterocycles. The number of hydrogen-bond donors (Lipinski definition) is 1. The highest BCUT2D eigenvalue weighted by Gasteiger charge is 2.60. The molecular weight excluding hydrogens is 487 g/mol. The summed E-state index contributed by atoms with van der Waals surface area (Å²) < 4.78 is 92.4. The third-order valence-corrected chi connectivity index (χ3v) is 6.63. The second-order valence-corrected chi connectivity index (χ2v) is 9.64. The van der Waals surface area contributed by atoms with Crippen molar-refractivity contribution in [1.29, 1.82) is 0 Å². The lowest BCUT2D eigenvalue weighted by Gasteiger charge is -2.18. The summed E-state index contributed by atoms with van der Waals surface area (Å²) in [5.74, 6) is -5.70. The minimum atomic E-state index is -5.87. The number of aryl methyl sites for hydroxylation is 1. The fourth-order valence-electron chi connectivity index (χ4n) is 2.92. The summed E-state index contributed by atoms with van der Waals surface area (Å²) in [6.07, 6.45) is -5.08. The van der Waals surface area contributed by atoms with Crippen LogP contribution in [0.2, 0.25) is 0 Å². The smallest absolute Gasteiger partial charge is 0.331 e. The topological polar surface area (TPSA) is 110 Å². The molecule has 1 N–H and O–H groups in total. The Hall–Kier alpha value is -3.36. The van der Waals surface area contributed by atoms with Crippen LogP contribution in [0.25, 0.3) is 22.6 Å². The molecule has 3 rings (SSSR count). The summed E-state index contributed by atoms with van der Waals surface area (Å²) in [5, 5.41) is 2.45. The van der Waals surface area contributed by atoms with Crippen molar-refractivity contribution in [1.82, 2.24) is 24.4 Å². The number of pyridine rings is 2. The first-order valence-corrected chi connectivity index (χ1v) is 11.2. The van der Waals surface area contributed by atoms with Gasteiger partial charge in [0.2, 0.25) is 0 Å². The van der Waals surface area contributed by atoms with Gasteiger partial charge in [-0.3, -0.25) is 10.3 Å². The van der Waals surface area contributed by atoms with E-state index in [2.05, 4.69) is 20.3 Å². The fourth-order valence-corrected chi connectivity index (χ4v) is 3.94. The first-order valence-electron chi connectivity index (χ1n) is 9.60. The molecule has 0 bridgehead atoms. The Kier molecular flexibility index (Phi) is 6.28. The molecular formula is C19H19F5N6O3S. The Morgan fingerprint density at radius 1 is 1.15 bits per heavy atom. The number of aromatic nitrogens is 4. The third kappa shape index (κ3) is 4.38. The van der Waals surface area contributed by atoms with Crippen molar-refractivity contribution in [3.05, 3.63) is 30.1 Å². The largest absolute Gasteiger partial charge is 0.459 e. The number of hydrogen-bond acceptors (Lipinski definition) is 6. The molecule has 0 aliphatic heterocycles. The summed E-state index contributed by atoms with van der Waals surface area (Å²) >= 11 is 0. The van der Waals surface area contributed by atoms with Crippen molar-refractivity contribution < 1.29 is 35.2 Å². The Labute approximate surface area is 190 Å². The predicted octanol–water partition coefficient (Wildman–Crippen LogP) is 3.57. The number of rotatable bonds is 5. The zero-order valence-electron chi connectivity index (χ0n) is 18.3. The molecule has 0 aliphatic carbocycles. The van der Waals surface area contributed by atoms with Crippen LogP contribution in [-0.4, -0.2) is 64.9 Å². The Morgan fingerprint density at radius 2 is 1.79 bits per heavy atom. The van der Waals surface area contributed by atoms with Crippen molar-refractivity contribution in [2.24, 2.45) is 7.05 Å². The number of fused-ring (bicyclic) bond motifs is 1. The maximum absolute atomic E-state index is 13.8. The zero-order chi connectivity index (χ0) is 25.6. The molecule has 0 atom stereocenters. The van der Waals surface area contributed by atoms with Gasteiger partial charge in [-0.15, -0.1) is 0 Å². The van der Waals surface area contributed by atoms with Gasteiger partial charge in [0.1, 0.15) is 17.2 Å². The van der Waals surface area contributed by atoms with Crippen LogP contribution in [0.1, 0.15) is 12.6 Å².